The van der Waals surface area contributed by atoms with E-state index in [0.717, 1.165) is 5.56 Å². The molecule has 1 aromatic heterocycles. The third-order valence-corrected chi connectivity index (χ3v) is 4.29. The number of aromatic nitrogens is 1. The van der Waals surface area contributed by atoms with Gasteiger partial charge in [-0.2, -0.15) is 0 Å². The molecule has 1 rings (SSSR count). The molecule has 0 saturated heterocycles. The molecule has 21 heavy (non-hydrogen) atoms. The third-order valence-electron chi connectivity index (χ3n) is 2.78. The van der Waals surface area contributed by atoms with E-state index in [1.165, 1.54) is 0 Å². The van der Waals surface area contributed by atoms with Crippen LogP contribution in [0, 0.1) is 0 Å². The van der Waals surface area contributed by atoms with Crippen molar-refractivity contribution >= 4 is 10.0 Å². The Kier molecular flexibility index (Phi) is 6.73. The number of hydrogen-bond acceptors (Lipinski definition) is 5. The normalized spacial score (nSPS) is 13.9. The zero-order chi connectivity index (χ0) is 16.0. The van der Waals surface area contributed by atoms with E-state index in [4.69, 9.17) is 0 Å². The Morgan fingerprint density at radius 3 is 2.38 bits per heavy atom. The van der Waals surface area contributed by atoms with E-state index in [9.17, 15) is 8.42 Å². The predicted octanol–water partition coefficient (Wildman–Crippen LogP) is 0.808. The van der Waals surface area contributed by atoms with Gasteiger partial charge in [0.1, 0.15) is 0 Å². The first-order valence-electron chi connectivity index (χ1n) is 7.06. The highest BCUT2D eigenvalue weighted by atomic mass is 32.2. The zero-order valence-corrected chi connectivity index (χ0v) is 14.2. The van der Waals surface area contributed by atoms with E-state index in [2.05, 4.69) is 28.9 Å². The number of likely N-dealkylation sites (N-methyl/N-ethyl adjacent to an activating group) is 1. The number of hydrogen-bond donors (Lipinski definition) is 2. The van der Waals surface area contributed by atoms with E-state index in [0.29, 0.717) is 19.1 Å². The fourth-order valence-corrected chi connectivity index (χ4v) is 3.07. The highest BCUT2D eigenvalue weighted by Gasteiger charge is 2.18. The first kappa shape index (κ1) is 18.0. The van der Waals surface area contributed by atoms with Crippen LogP contribution in [-0.2, 0) is 16.6 Å². The summed E-state index contributed by atoms with van der Waals surface area (Å²) in [6, 6.07) is 3.53. The summed E-state index contributed by atoms with van der Waals surface area (Å²) in [5, 5.41) is 3.32. The van der Waals surface area contributed by atoms with Crippen molar-refractivity contribution < 1.29 is 8.42 Å². The van der Waals surface area contributed by atoms with Gasteiger partial charge in [0.2, 0.25) is 0 Å². The van der Waals surface area contributed by atoms with Gasteiger partial charge >= 0.3 is 0 Å². The maximum atomic E-state index is 12.2. The first-order valence-corrected chi connectivity index (χ1v) is 8.54. The van der Waals surface area contributed by atoms with E-state index in [1.54, 1.807) is 18.3 Å². The summed E-state index contributed by atoms with van der Waals surface area (Å²) in [6.07, 6.45) is 1.60. The van der Waals surface area contributed by atoms with Gasteiger partial charge in [-0.3, -0.25) is 0 Å². The minimum atomic E-state index is -3.56. The van der Waals surface area contributed by atoms with Crippen molar-refractivity contribution in [3.05, 3.63) is 23.9 Å². The summed E-state index contributed by atoms with van der Waals surface area (Å²) < 4.78 is 27.0. The lowest BCUT2D eigenvalue weighted by molar-refractivity contribution is 0.370. The molecule has 0 aliphatic carbocycles. The summed E-state index contributed by atoms with van der Waals surface area (Å²) in [4.78, 5) is 5.99. The van der Waals surface area contributed by atoms with Crippen LogP contribution in [0.4, 0.5) is 0 Å². The van der Waals surface area contributed by atoms with Gasteiger partial charge in [-0.1, -0.05) is 19.9 Å². The van der Waals surface area contributed by atoms with Crippen molar-refractivity contribution in [1.82, 2.24) is 19.9 Å². The monoisotopic (exact) mass is 314 g/mol. The van der Waals surface area contributed by atoms with Crippen LogP contribution in [0.1, 0.15) is 26.3 Å². The average Bonchev–Trinajstić information content (AvgIpc) is 2.35. The van der Waals surface area contributed by atoms with Crippen LogP contribution in [0.3, 0.4) is 0 Å². The summed E-state index contributed by atoms with van der Waals surface area (Å²) in [7, 11) is 0.243. The second-order valence-electron chi connectivity index (χ2n) is 5.82. The number of sulfonamides is 1. The molecule has 0 aliphatic rings. The van der Waals surface area contributed by atoms with Gasteiger partial charge in [0.05, 0.1) is 0 Å². The van der Waals surface area contributed by atoms with Crippen LogP contribution in [0.25, 0.3) is 0 Å². The Morgan fingerprint density at radius 1 is 1.24 bits per heavy atom. The fourth-order valence-electron chi connectivity index (χ4n) is 1.91. The number of pyridine rings is 1. The molecule has 1 unspecified atom stereocenters. The summed E-state index contributed by atoms with van der Waals surface area (Å²) in [6.45, 7) is 7.26. The number of rotatable bonds is 8. The quantitative estimate of drug-likeness (QED) is 0.743. The van der Waals surface area contributed by atoms with Gasteiger partial charge in [0.15, 0.2) is 5.03 Å². The largest absolute Gasteiger partial charge is 0.310 e. The topological polar surface area (TPSA) is 74.3 Å². The minimum absolute atomic E-state index is 0.0569. The van der Waals surface area contributed by atoms with Crippen molar-refractivity contribution in [3.63, 3.8) is 0 Å². The average molecular weight is 314 g/mol. The van der Waals surface area contributed by atoms with Crippen molar-refractivity contribution in [3.8, 4) is 0 Å². The zero-order valence-electron chi connectivity index (χ0n) is 13.4. The van der Waals surface area contributed by atoms with E-state index < -0.39 is 10.0 Å². The highest BCUT2D eigenvalue weighted by molar-refractivity contribution is 7.89. The standard InChI is InChI=1S/C14H26N4O2S/c1-11(2)15-8-13-6-7-14(16-9-13)21(19,20)17-12(3)10-18(4)5/h6-7,9,11-12,15,17H,8,10H2,1-5H3. The minimum Gasteiger partial charge on any atom is -0.310 e. The maximum absolute atomic E-state index is 12.2. The van der Waals surface area contributed by atoms with Crippen molar-refractivity contribution in [1.29, 1.82) is 0 Å². The highest BCUT2D eigenvalue weighted by Crippen LogP contribution is 2.08. The molecule has 0 aromatic carbocycles. The van der Waals surface area contributed by atoms with Gasteiger partial charge in [-0.25, -0.2) is 18.1 Å². The van der Waals surface area contributed by atoms with Crippen molar-refractivity contribution in [2.75, 3.05) is 20.6 Å². The Morgan fingerprint density at radius 2 is 1.90 bits per heavy atom. The van der Waals surface area contributed by atoms with E-state index in [1.807, 2.05) is 25.9 Å². The molecule has 1 heterocycles. The molecule has 0 aliphatic heterocycles. The van der Waals surface area contributed by atoms with E-state index >= 15 is 0 Å². The lowest BCUT2D eigenvalue weighted by Gasteiger charge is -2.18. The molecule has 2 N–H and O–H groups in total. The third kappa shape index (κ3) is 6.52. The maximum Gasteiger partial charge on any atom is 0.258 e. The summed E-state index contributed by atoms with van der Waals surface area (Å²) >= 11 is 0. The SMILES string of the molecule is CC(C)NCc1ccc(S(=O)(=O)NC(C)CN(C)C)nc1. The second-order valence-corrected chi connectivity index (χ2v) is 7.49. The van der Waals surface area contributed by atoms with Gasteiger partial charge in [-0.05, 0) is 32.6 Å². The summed E-state index contributed by atoms with van der Waals surface area (Å²) in [5.74, 6) is 0. The molecule has 1 atom stereocenters. The molecule has 0 spiro atoms. The molecule has 0 bridgehead atoms. The molecular weight excluding hydrogens is 288 g/mol. The Balaban J connectivity index is 2.71. The van der Waals surface area contributed by atoms with Crippen LogP contribution < -0.4 is 10.0 Å². The van der Waals surface area contributed by atoms with Crippen LogP contribution in [-0.4, -0.2) is 51.0 Å². The molecule has 0 fully saturated rings. The predicted molar refractivity (Wildman–Crippen MR) is 84.6 cm³/mol. The smallest absolute Gasteiger partial charge is 0.258 e. The van der Waals surface area contributed by atoms with Crippen LogP contribution in [0.5, 0.6) is 0 Å². The molecule has 7 heteroatoms. The lowest BCUT2D eigenvalue weighted by atomic mass is 10.2. The molecule has 1 aromatic rings. The van der Waals surface area contributed by atoms with Crippen molar-refractivity contribution in [2.24, 2.45) is 0 Å². The van der Waals surface area contributed by atoms with Crippen molar-refractivity contribution in [2.45, 2.75) is 44.4 Å². The van der Waals surface area contributed by atoms with Crippen LogP contribution >= 0.6 is 0 Å². The Labute approximate surface area is 128 Å². The van der Waals surface area contributed by atoms with Gasteiger partial charge in [-0.15, -0.1) is 0 Å². The van der Waals surface area contributed by atoms with Crippen LogP contribution in [0.15, 0.2) is 23.4 Å². The van der Waals surface area contributed by atoms with Gasteiger partial charge in [0.25, 0.3) is 10.0 Å². The van der Waals surface area contributed by atoms with Crippen LogP contribution in [0.2, 0.25) is 0 Å². The van der Waals surface area contributed by atoms with Gasteiger partial charge < -0.3 is 10.2 Å². The number of nitrogens with zero attached hydrogens (tertiary/aromatic N) is 2. The lowest BCUT2D eigenvalue weighted by Crippen LogP contribution is -2.39. The fraction of sp³-hybridized carbons (Fsp3) is 0.643. The van der Waals surface area contributed by atoms with Gasteiger partial charge in [0, 0.05) is 31.4 Å². The van der Waals surface area contributed by atoms with E-state index in [-0.39, 0.29) is 11.1 Å². The molecule has 120 valence electrons. The molecule has 0 radical (unpaired) electrons. The molecular formula is C14H26N4O2S. The Hall–Kier alpha value is -1.02. The molecule has 0 saturated carbocycles. The molecule has 6 nitrogen and oxygen atoms in total. The number of nitrogens with one attached hydrogen (secondary N) is 2. The first-order chi connectivity index (χ1) is 9.70. The summed E-state index contributed by atoms with van der Waals surface area (Å²) in [5.41, 5.74) is 0.962. The molecule has 0 amide bonds. The second kappa shape index (κ2) is 7.84. The Bertz CT molecular complexity index is 526.